The van der Waals surface area contributed by atoms with Crippen LogP contribution in [0.15, 0.2) is 29.6 Å². The SMILES string of the molecule is COCc1nc(C(=O)OCCN(C)c2ccc([N+](=O)[O-])cc2)cs1. The lowest BCUT2D eigenvalue weighted by Gasteiger charge is -2.18. The Morgan fingerprint density at radius 3 is 2.71 bits per heavy atom. The summed E-state index contributed by atoms with van der Waals surface area (Å²) in [5, 5.41) is 13.0. The summed E-state index contributed by atoms with van der Waals surface area (Å²) in [5.41, 5.74) is 1.10. The number of aromatic nitrogens is 1. The highest BCUT2D eigenvalue weighted by molar-refractivity contribution is 7.09. The number of carbonyl (C=O) groups excluding carboxylic acids is 1. The number of nitro groups is 1. The molecule has 0 fully saturated rings. The van der Waals surface area contributed by atoms with Gasteiger partial charge in [0.15, 0.2) is 5.69 Å². The summed E-state index contributed by atoms with van der Waals surface area (Å²) in [6.07, 6.45) is 0. The largest absolute Gasteiger partial charge is 0.459 e. The van der Waals surface area contributed by atoms with Gasteiger partial charge in [0.2, 0.25) is 0 Å². The molecule has 0 aliphatic rings. The zero-order valence-electron chi connectivity index (χ0n) is 13.3. The predicted octanol–water partition coefficient (Wildman–Crippen LogP) is 2.49. The number of carbonyl (C=O) groups is 1. The summed E-state index contributed by atoms with van der Waals surface area (Å²) in [6, 6.07) is 6.17. The molecule has 0 N–H and O–H groups in total. The standard InChI is InChI=1S/C15H17N3O5S/c1-17(11-3-5-12(6-4-11)18(20)21)7-8-23-15(19)13-10-24-14(16-13)9-22-2/h3-6,10H,7-9H2,1-2H3. The molecule has 0 spiro atoms. The zero-order chi connectivity index (χ0) is 17.5. The topological polar surface area (TPSA) is 94.8 Å². The maximum Gasteiger partial charge on any atom is 0.357 e. The van der Waals surface area contributed by atoms with E-state index in [1.165, 1.54) is 23.5 Å². The van der Waals surface area contributed by atoms with E-state index < -0.39 is 10.9 Å². The molecule has 0 amide bonds. The Kier molecular flexibility index (Phi) is 6.21. The molecule has 9 heteroatoms. The van der Waals surface area contributed by atoms with Crippen molar-refractivity contribution in [3.8, 4) is 0 Å². The van der Waals surface area contributed by atoms with E-state index >= 15 is 0 Å². The number of benzene rings is 1. The molecule has 0 radical (unpaired) electrons. The van der Waals surface area contributed by atoms with Crippen molar-refractivity contribution in [3.63, 3.8) is 0 Å². The quantitative estimate of drug-likeness (QED) is 0.409. The van der Waals surface area contributed by atoms with Crippen molar-refractivity contribution in [2.24, 2.45) is 0 Å². The smallest absolute Gasteiger partial charge is 0.357 e. The fourth-order valence-electron chi connectivity index (χ4n) is 1.90. The number of thiazole rings is 1. The summed E-state index contributed by atoms with van der Waals surface area (Å²) < 4.78 is 10.1. The average molecular weight is 351 g/mol. The summed E-state index contributed by atoms with van der Waals surface area (Å²) in [4.78, 5) is 28.0. The first kappa shape index (κ1) is 17.8. The Morgan fingerprint density at radius 2 is 2.08 bits per heavy atom. The number of rotatable bonds is 8. The molecular weight excluding hydrogens is 334 g/mol. The minimum atomic E-state index is -0.481. The van der Waals surface area contributed by atoms with E-state index in [4.69, 9.17) is 9.47 Å². The third-order valence-electron chi connectivity index (χ3n) is 3.19. The van der Waals surface area contributed by atoms with Crippen LogP contribution in [0.3, 0.4) is 0 Å². The Bertz CT molecular complexity index is 701. The highest BCUT2D eigenvalue weighted by Gasteiger charge is 2.13. The molecule has 2 aromatic rings. The lowest BCUT2D eigenvalue weighted by atomic mass is 10.2. The van der Waals surface area contributed by atoms with Gasteiger partial charge in [-0.25, -0.2) is 9.78 Å². The molecule has 0 saturated carbocycles. The number of likely N-dealkylation sites (N-methyl/N-ethyl adjacent to an activating group) is 1. The van der Waals surface area contributed by atoms with Gasteiger partial charge in [-0.1, -0.05) is 0 Å². The summed E-state index contributed by atoms with van der Waals surface area (Å²) in [7, 11) is 3.38. The summed E-state index contributed by atoms with van der Waals surface area (Å²) >= 11 is 1.34. The molecule has 128 valence electrons. The normalized spacial score (nSPS) is 10.4. The molecule has 8 nitrogen and oxygen atoms in total. The monoisotopic (exact) mass is 351 g/mol. The number of ether oxygens (including phenoxy) is 2. The first-order valence-electron chi connectivity index (χ1n) is 7.07. The number of hydrogen-bond acceptors (Lipinski definition) is 8. The van der Waals surface area contributed by atoms with Crippen molar-refractivity contribution < 1.29 is 19.2 Å². The molecule has 0 aliphatic heterocycles. The van der Waals surface area contributed by atoms with Gasteiger partial charge in [-0.3, -0.25) is 10.1 Å². The zero-order valence-corrected chi connectivity index (χ0v) is 14.1. The lowest BCUT2D eigenvalue weighted by molar-refractivity contribution is -0.384. The van der Waals surface area contributed by atoms with Crippen molar-refractivity contribution in [1.82, 2.24) is 4.98 Å². The number of non-ortho nitro benzene ring substituents is 1. The highest BCUT2D eigenvalue weighted by atomic mass is 32.1. The Labute approximate surface area is 142 Å². The highest BCUT2D eigenvalue weighted by Crippen LogP contribution is 2.18. The van der Waals surface area contributed by atoms with Crippen molar-refractivity contribution in [2.75, 3.05) is 32.2 Å². The van der Waals surface area contributed by atoms with Gasteiger partial charge >= 0.3 is 5.97 Å². The minimum Gasteiger partial charge on any atom is -0.459 e. The van der Waals surface area contributed by atoms with Gasteiger partial charge in [-0.05, 0) is 12.1 Å². The van der Waals surface area contributed by atoms with Crippen LogP contribution in [0.1, 0.15) is 15.5 Å². The molecule has 0 atom stereocenters. The maximum atomic E-state index is 11.9. The molecule has 0 bridgehead atoms. The van der Waals surface area contributed by atoms with Crippen LogP contribution >= 0.6 is 11.3 Å². The van der Waals surface area contributed by atoms with E-state index in [0.29, 0.717) is 18.2 Å². The van der Waals surface area contributed by atoms with Crippen LogP contribution in [0.25, 0.3) is 0 Å². The van der Waals surface area contributed by atoms with Gasteiger partial charge in [-0.2, -0.15) is 0 Å². The Morgan fingerprint density at radius 1 is 1.38 bits per heavy atom. The Hall–Kier alpha value is -2.52. The van der Waals surface area contributed by atoms with Gasteiger partial charge in [0.25, 0.3) is 5.69 Å². The number of methoxy groups -OCH3 is 1. The maximum absolute atomic E-state index is 11.9. The van der Waals surface area contributed by atoms with Crippen LogP contribution in [0.5, 0.6) is 0 Å². The number of esters is 1. The van der Waals surface area contributed by atoms with Crippen LogP contribution in [-0.4, -0.2) is 43.2 Å². The summed E-state index contributed by atoms with van der Waals surface area (Å²) in [5.74, 6) is -0.481. The van der Waals surface area contributed by atoms with Crippen LogP contribution in [0, 0.1) is 10.1 Å². The first-order valence-corrected chi connectivity index (χ1v) is 7.95. The van der Waals surface area contributed by atoms with E-state index in [1.54, 1.807) is 24.6 Å². The van der Waals surface area contributed by atoms with E-state index in [1.807, 2.05) is 11.9 Å². The van der Waals surface area contributed by atoms with Gasteiger partial charge in [0.1, 0.15) is 11.6 Å². The second-order valence-corrected chi connectivity index (χ2v) is 5.83. The van der Waals surface area contributed by atoms with E-state index in [-0.39, 0.29) is 18.0 Å². The lowest BCUT2D eigenvalue weighted by Crippen LogP contribution is -2.24. The number of nitrogens with zero attached hydrogens (tertiary/aromatic N) is 3. The minimum absolute atomic E-state index is 0.0361. The predicted molar refractivity (Wildman–Crippen MR) is 89.5 cm³/mol. The molecule has 2 rings (SSSR count). The Balaban J connectivity index is 1.81. The van der Waals surface area contributed by atoms with Crippen LogP contribution in [0.2, 0.25) is 0 Å². The molecule has 24 heavy (non-hydrogen) atoms. The molecule has 0 saturated heterocycles. The molecule has 1 aromatic heterocycles. The van der Waals surface area contributed by atoms with Gasteiger partial charge in [-0.15, -0.1) is 11.3 Å². The van der Waals surface area contributed by atoms with Gasteiger partial charge in [0.05, 0.1) is 18.1 Å². The van der Waals surface area contributed by atoms with Crippen molar-refractivity contribution in [1.29, 1.82) is 0 Å². The van der Waals surface area contributed by atoms with E-state index in [9.17, 15) is 14.9 Å². The van der Waals surface area contributed by atoms with Gasteiger partial charge < -0.3 is 14.4 Å². The van der Waals surface area contributed by atoms with Crippen molar-refractivity contribution in [2.45, 2.75) is 6.61 Å². The number of anilines is 1. The molecule has 1 aromatic carbocycles. The fourth-order valence-corrected chi connectivity index (χ4v) is 2.64. The summed E-state index contributed by atoms with van der Waals surface area (Å²) in [6.45, 7) is 1.00. The number of hydrogen-bond donors (Lipinski definition) is 0. The van der Waals surface area contributed by atoms with Crippen LogP contribution < -0.4 is 4.90 Å². The fraction of sp³-hybridized carbons (Fsp3) is 0.333. The van der Waals surface area contributed by atoms with Gasteiger partial charge in [0, 0.05) is 37.4 Å². The molecular formula is C15H17N3O5S. The third-order valence-corrected chi connectivity index (χ3v) is 4.01. The van der Waals surface area contributed by atoms with Crippen LogP contribution in [0.4, 0.5) is 11.4 Å². The van der Waals surface area contributed by atoms with Crippen molar-refractivity contribution in [3.05, 3.63) is 50.5 Å². The van der Waals surface area contributed by atoms with E-state index in [0.717, 1.165) is 5.69 Å². The van der Waals surface area contributed by atoms with E-state index in [2.05, 4.69) is 4.98 Å². The number of nitro benzene ring substituents is 1. The average Bonchev–Trinajstić information content (AvgIpc) is 3.04. The molecule has 1 heterocycles. The third kappa shape index (κ3) is 4.74. The second kappa shape index (κ2) is 8.37. The van der Waals surface area contributed by atoms with Crippen molar-refractivity contribution >= 4 is 28.7 Å². The molecule has 0 aliphatic carbocycles. The van der Waals surface area contributed by atoms with Crippen LogP contribution in [-0.2, 0) is 16.1 Å². The first-order chi connectivity index (χ1) is 11.5. The molecule has 0 unspecified atom stereocenters. The second-order valence-electron chi connectivity index (χ2n) is 4.89.